The van der Waals surface area contributed by atoms with Crippen LogP contribution in [0.15, 0.2) is 18.2 Å². The lowest BCUT2D eigenvalue weighted by atomic mass is 10.1. The summed E-state index contributed by atoms with van der Waals surface area (Å²) in [4.78, 5) is 14.1. The maximum atomic E-state index is 12.1. The average Bonchev–Trinajstić information content (AvgIpc) is 2.40. The number of hydrogen-bond donors (Lipinski definition) is 2. The molecule has 106 valence electrons. The number of likely N-dealkylation sites (N-methyl/N-ethyl adjacent to an activating group) is 1. The molecule has 0 aliphatic heterocycles. The molecule has 0 aliphatic carbocycles. The second-order valence-electron chi connectivity index (χ2n) is 4.66. The first-order valence-corrected chi connectivity index (χ1v) is 6.32. The zero-order chi connectivity index (χ0) is 14.4. The molecule has 0 saturated carbocycles. The van der Waals surface area contributed by atoms with Gasteiger partial charge in [0.15, 0.2) is 0 Å². The van der Waals surface area contributed by atoms with Gasteiger partial charge in [0.1, 0.15) is 0 Å². The number of rotatable bonds is 6. The third-order valence-corrected chi connectivity index (χ3v) is 3.32. The van der Waals surface area contributed by atoms with Crippen LogP contribution in [0.1, 0.15) is 12.5 Å². The van der Waals surface area contributed by atoms with E-state index in [9.17, 15) is 4.79 Å². The normalized spacial score (nSPS) is 12.5. The van der Waals surface area contributed by atoms with Crippen LogP contribution in [0.2, 0.25) is 0 Å². The van der Waals surface area contributed by atoms with E-state index in [-0.39, 0.29) is 11.9 Å². The fourth-order valence-electron chi connectivity index (χ4n) is 1.66. The van der Waals surface area contributed by atoms with Crippen molar-refractivity contribution in [1.29, 1.82) is 0 Å². The number of nitrogen functional groups attached to an aromatic ring is 1. The molecule has 1 amide bonds. The van der Waals surface area contributed by atoms with Crippen LogP contribution >= 0.6 is 0 Å². The van der Waals surface area contributed by atoms with E-state index >= 15 is 0 Å². The molecular weight excluding hydrogens is 242 g/mol. The van der Waals surface area contributed by atoms with Crippen LogP contribution in [0.3, 0.4) is 0 Å². The van der Waals surface area contributed by atoms with E-state index in [1.165, 1.54) is 0 Å². The fourth-order valence-corrected chi connectivity index (χ4v) is 1.66. The predicted octanol–water partition coefficient (Wildman–Crippen LogP) is 1.48. The first-order chi connectivity index (χ1) is 8.97. The van der Waals surface area contributed by atoms with Gasteiger partial charge in [-0.2, -0.15) is 0 Å². The van der Waals surface area contributed by atoms with Gasteiger partial charge < -0.3 is 15.8 Å². The lowest BCUT2D eigenvalue weighted by Gasteiger charge is -2.23. The highest BCUT2D eigenvalue weighted by Crippen LogP contribution is 2.20. The standard InChI is InChI=1S/C14H23N3O2/c1-10-12(15)6-5-7-13(10)16-14(18)11(2)17(3)8-9-19-4/h5-7,11H,8-9,15H2,1-4H3,(H,16,18). The summed E-state index contributed by atoms with van der Waals surface area (Å²) >= 11 is 0. The Kier molecular flexibility index (Phi) is 5.79. The second kappa shape index (κ2) is 7.11. The van der Waals surface area contributed by atoms with Gasteiger partial charge in [-0.15, -0.1) is 0 Å². The highest BCUT2D eigenvalue weighted by Gasteiger charge is 2.18. The topological polar surface area (TPSA) is 67.6 Å². The zero-order valence-electron chi connectivity index (χ0n) is 12.1. The SMILES string of the molecule is COCCN(C)C(C)C(=O)Nc1cccc(N)c1C. The van der Waals surface area contributed by atoms with Crippen molar-refractivity contribution in [2.24, 2.45) is 0 Å². The van der Waals surface area contributed by atoms with Crippen molar-refractivity contribution in [1.82, 2.24) is 4.90 Å². The summed E-state index contributed by atoms with van der Waals surface area (Å²) < 4.78 is 5.01. The van der Waals surface area contributed by atoms with Gasteiger partial charge in [-0.3, -0.25) is 9.69 Å². The Morgan fingerprint density at radius 2 is 2.21 bits per heavy atom. The minimum absolute atomic E-state index is 0.0488. The quantitative estimate of drug-likeness (QED) is 0.765. The molecule has 1 aromatic carbocycles. The van der Waals surface area contributed by atoms with Crippen molar-refractivity contribution >= 4 is 17.3 Å². The second-order valence-corrected chi connectivity index (χ2v) is 4.66. The monoisotopic (exact) mass is 265 g/mol. The Morgan fingerprint density at radius 1 is 1.53 bits per heavy atom. The number of benzene rings is 1. The molecule has 1 atom stereocenters. The summed E-state index contributed by atoms with van der Waals surface area (Å²) in [7, 11) is 3.55. The van der Waals surface area contributed by atoms with Crippen LogP contribution in [0, 0.1) is 6.92 Å². The summed E-state index contributed by atoms with van der Waals surface area (Å²) in [5.74, 6) is -0.0488. The van der Waals surface area contributed by atoms with Crippen LogP contribution in [-0.4, -0.2) is 44.2 Å². The fraction of sp³-hybridized carbons (Fsp3) is 0.500. The predicted molar refractivity (Wildman–Crippen MR) is 78.2 cm³/mol. The largest absolute Gasteiger partial charge is 0.398 e. The molecule has 1 unspecified atom stereocenters. The van der Waals surface area contributed by atoms with E-state index in [1.54, 1.807) is 7.11 Å². The number of nitrogens with two attached hydrogens (primary N) is 1. The van der Waals surface area contributed by atoms with E-state index < -0.39 is 0 Å². The molecule has 0 aromatic heterocycles. The van der Waals surface area contributed by atoms with E-state index in [2.05, 4.69) is 5.32 Å². The van der Waals surface area contributed by atoms with Crippen molar-refractivity contribution in [2.75, 3.05) is 38.4 Å². The van der Waals surface area contributed by atoms with Gasteiger partial charge in [-0.1, -0.05) is 6.07 Å². The van der Waals surface area contributed by atoms with Crippen molar-refractivity contribution in [2.45, 2.75) is 19.9 Å². The number of ether oxygens (including phenoxy) is 1. The molecule has 5 nitrogen and oxygen atoms in total. The molecule has 3 N–H and O–H groups in total. The Bertz CT molecular complexity index is 435. The molecule has 0 heterocycles. The van der Waals surface area contributed by atoms with E-state index in [0.717, 1.165) is 11.3 Å². The number of anilines is 2. The third kappa shape index (κ3) is 4.22. The number of nitrogens with zero attached hydrogens (tertiary/aromatic N) is 1. The molecule has 1 rings (SSSR count). The van der Waals surface area contributed by atoms with Gasteiger partial charge in [0.25, 0.3) is 0 Å². The van der Waals surface area contributed by atoms with Crippen LogP contribution < -0.4 is 11.1 Å². The number of hydrogen-bond acceptors (Lipinski definition) is 4. The maximum Gasteiger partial charge on any atom is 0.241 e. The van der Waals surface area contributed by atoms with Crippen molar-refractivity contribution in [3.8, 4) is 0 Å². The molecule has 19 heavy (non-hydrogen) atoms. The lowest BCUT2D eigenvalue weighted by molar-refractivity contribution is -0.120. The first-order valence-electron chi connectivity index (χ1n) is 6.32. The zero-order valence-corrected chi connectivity index (χ0v) is 12.1. The van der Waals surface area contributed by atoms with Crippen molar-refractivity contribution in [3.63, 3.8) is 0 Å². The molecule has 0 bridgehead atoms. The Labute approximate surface area is 114 Å². The van der Waals surface area contributed by atoms with E-state index in [1.807, 2.05) is 44.0 Å². The van der Waals surface area contributed by atoms with Crippen molar-refractivity contribution in [3.05, 3.63) is 23.8 Å². The lowest BCUT2D eigenvalue weighted by Crippen LogP contribution is -2.41. The summed E-state index contributed by atoms with van der Waals surface area (Å²) in [6.45, 7) is 5.07. The molecule has 0 aliphatic rings. The van der Waals surface area contributed by atoms with Gasteiger partial charge in [0, 0.05) is 25.0 Å². The van der Waals surface area contributed by atoms with E-state index in [4.69, 9.17) is 10.5 Å². The average molecular weight is 265 g/mol. The number of methoxy groups -OCH3 is 1. The highest BCUT2D eigenvalue weighted by atomic mass is 16.5. The van der Waals surface area contributed by atoms with Crippen LogP contribution in [-0.2, 0) is 9.53 Å². The summed E-state index contributed by atoms with van der Waals surface area (Å²) in [5.41, 5.74) is 8.15. The number of carbonyl (C=O) groups excluding carboxylic acids is 1. The van der Waals surface area contributed by atoms with Gasteiger partial charge in [-0.25, -0.2) is 0 Å². The Hall–Kier alpha value is -1.59. The maximum absolute atomic E-state index is 12.1. The smallest absolute Gasteiger partial charge is 0.241 e. The van der Waals surface area contributed by atoms with Gasteiger partial charge in [0.05, 0.1) is 12.6 Å². The van der Waals surface area contributed by atoms with Gasteiger partial charge >= 0.3 is 0 Å². The summed E-state index contributed by atoms with van der Waals surface area (Å²) in [6, 6.07) is 5.28. The molecule has 0 saturated heterocycles. The van der Waals surface area contributed by atoms with Gasteiger partial charge in [0.2, 0.25) is 5.91 Å². The number of carbonyl (C=O) groups is 1. The summed E-state index contributed by atoms with van der Waals surface area (Å²) in [5, 5.41) is 2.91. The highest BCUT2D eigenvalue weighted by molar-refractivity contribution is 5.95. The molecule has 0 radical (unpaired) electrons. The van der Waals surface area contributed by atoms with Crippen LogP contribution in [0.5, 0.6) is 0 Å². The van der Waals surface area contributed by atoms with Gasteiger partial charge in [-0.05, 0) is 38.6 Å². The third-order valence-electron chi connectivity index (χ3n) is 3.32. The summed E-state index contributed by atoms with van der Waals surface area (Å²) in [6.07, 6.45) is 0. The van der Waals surface area contributed by atoms with Crippen molar-refractivity contribution < 1.29 is 9.53 Å². The minimum atomic E-state index is -0.226. The Morgan fingerprint density at radius 3 is 2.84 bits per heavy atom. The minimum Gasteiger partial charge on any atom is -0.398 e. The van der Waals surface area contributed by atoms with E-state index in [0.29, 0.717) is 18.8 Å². The molecule has 0 fully saturated rings. The Balaban J connectivity index is 2.66. The van der Waals surface area contributed by atoms with Crippen LogP contribution in [0.4, 0.5) is 11.4 Å². The number of nitrogens with one attached hydrogen (secondary N) is 1. The number of amides is 1. The molecule has 1 aromatic rings. The first kappa shape index (κ1) is 15.5. The molecule has 5 heteroatoms. The van der Waals surface area contributed by atoms with Crippen LogP contribution in [0.25, 0.3) is 0 Å². The molecule has 0 spiro atoms. The molecular formula is C14H23N3O2.